The van der Waals surface area contributed by atoms with E-state index in [9.17, 15) is 19.7 Å². The molecule has 2 aromatic rings. The van der Waals surface area contributed by atoms with Gasteiger partial charge in [0, 0.05) is 29.3 Å². The number of amides is 1. The molecule has 1 atom stereocenters. The van der Waals surface area contributed by atoms with Crippen LogP contribution in [-0.2, 0) is 9.53 Å². The molecule has 0 bridgehead atoms. The third-order valence-electron chi connectivity index (χ3n) is 3.58. The van der Waals surface area contributed by atoms with Crippen molar-refractivity contribution >= 4 is 29.2 Å². The number of halogens is 1. The van der Waals surface area contributed by atoms with E-state index in [-0.39, 0.29) is 24.6 Å². The minimum Gasteiger partial charge on any atom is -0.458 e. The second kappa shape index (κ2) is 8.96. The summed E-state index contributed by atoms with van der Waals surface area (Å²) in [5, 5.41) is 13.9. The molecule has 8 heteroatoms. The van der Waals surface area contributed by atoms with E-state index in [0.29, 0.717) is 16.1 Å². The number of hydrogen-bond donors (Lipinski definition) is 1. The molecule has 0 aliphatic carbocycles. The van der Waals surface area contributed by atoms with Gasteiger partial charge in [-0.1, -0.05) is 23.7 Å². The fourth-order valence-electron chi connectivity index (χ4n) is 2.20. The second-order valence-corrected chi connectivity index (χ2v) is 5.93. The maximum atomic E-state index is 11.9. The lowest BCUT2D eigenvalue weighted by atomic mass is 10.1. The van der Waals surface area contributed by atoms with E-state index in [0.717, 1.165) is 0 Å². The molecule has 7 nitrogen and oxygen atoms in total. The highest BCUT2D eigenvalue weighted by atomic mass is 35.5. The Balaban J connectivity index is 1.81. The molecule has 2 rings (SSSR count). The summed E-state index contributed by atoms with van der Waals surface area (Å²) in [6.07, 6.45) is -0.645. The van der Waals surface area contributed by atoms with Crippen LogP contribution in [-0.4, -0.2) is 23.3 Å². The predicted octanol–water partition coefficient (Wildman–Crippen LogP) is 3.67. The fourth-order valence-corrected chi connectivity index (χ4v) is 2.32. The fraction of sp³-hybridized carbons (Fsp3) is 0.222. The van der Waals surface area contributed by atoms with Crippen LogP contribution in [0.3, 0.4) is 0 Å². The van der Waals surface area contributed by atoms with E-state index in [4.69, 9.17) is 16.3 Å². The number of esters is 1. The Hall–Kier alpha value is -2.93. The summed E-state index contributed by atoms with van der Waals surface area (Å²) in [5.41, 5.74) is 0.895. The lowest BCUT2D eigenvalue weighted by molar-refractivity contribution is -0.385. The van der Waals surface area contributed by atoms with Gasteiger partial charge in [-0.15, -0.1) is 0 Å². The zero-order valence-corrected chi connectivity index (χ0v) is 14.7. The molecular formula is C18H17ClN2O5. The van der Waals surface area contributed by atoms with Gasteiger partial charge in [0.2, 0.25) is 0 Å². The minimum atomic E-state index is -0.630. The Morgan fingerprint density at radius 3 is 2.58 bits per heavy atom. The zero-order chi connectivity index (χ0) is 19.1. The standard InChI is InChI=1S/C18H17ClN2O5/c1-12(14-3-2-4-16(11-14)21(24)25)26-17(22)9-10-20-18(23)13-5-7-15(19)8-6-13/h2-8,11-12H,9-10H2,1H3,(H,20,23)/t12-/m0/s1. The summed E-state index contributed by atoms with van der Waals surface area (Å²) in [7, 11) is 0. The maximum Gasteiger partial charge on any atom is 0.308 e. The molecule has 0 saturated carbocycles. The van der Waals surface area contributed by atoms with Gasteiger partial charge < -0.3 is 10.1 Å². The molecule has 0 spiro atoms. The number of benzene rings is 2. The van der Waals surface area contributed by atoms with E-state index >= 15 is 0 Å². The van der Waals surface area contributed by atoms with Crippen LogP contribution >= 0.6 is 11.6 Å². The first-order chi connectivity index (χ1) is 12.4. The summed E-state index contributed by atoms with van der Waals surface area (Å²) < 4.78 is 5.24. The van der Waals surface area contributed by atoms with Crippen LogP contribution < -0.4 is 5.32 Å². The Morgan fingerprint density at radius 1 is 1.23 bits per heavy atom. The van der Waals surface area contributed by atoms with Crippen LogP contribution in [0.2, 0.25) is 5.02 Å². The van der Waals surface area contributed by atoms with Crippen molar-refractivity contribution in [2.45, 2.75) is 19.4 Å². The molecule has 0 aromatic heterocycles. The molecule has 1 amide bonds. The van der Waals surface area contributed by atoms with Gasteiger partial charge in [-0.2, -0.15) is 0 Å². The third kappa shape index (κ3) is 5.56. The molecule has 0 radical (unpaired) electrons. The molecule has 0 saturated heterocycles. The average molecular weight is 377 g/mol. The number of carbonyl (C=O) groups is 2. The van der Waals surface area contributed by atoms with E-state index in [2.05, 4.69) is 5.32 Å². The first-order valence-electron chi connectivity index (χ1n) is 7.84. The van der Waals surface area contributed by atoms with Gasteiger partial charge in [-0.25, -0.2) is 0 Å². The summed E-state index contributed by atoms with van der Waals surface area (Å²) in [4.78, 5) is 34.1. The molecule has 136 valence electrons. The number of nitro benzene ring substituents is 1. The van der Waals surface area contributed by atoms with Gasteiger partial charge in [-0.05, 0) is 36.8 Å². The minimum absolute atomic E-state index is 0.0153. The summed E-state index contributed by atoms with van der Waals surface area (Å²) in [6, 6.07) is 12.3. The summed E-state index contributed by atoms with van der Waals surface area (Å²) in [6.45, 7) is 1.74. The largest absolute Gasteiger partial charge is 0.458 e. The van der Waals surface area contributed by atoms with Gasteiger partial charge in [0.05, 0.1) is 11.3 Å². The quantitative estimate of drug-likeness (QED) is 0.451. The summed E-state index contributed by atoms with van der Waals surface area (Å²) >= 11 is 5.76. The molecular weight excluding hydrogens is 360 g/mol. The van der Waals surface area contributed by atoms with Crippen molar-refractivity contribution in [1.82, 2.24) is 5.32 Å². The maximum absolute atomic E-state index is 11.9. The van der Waals surface area contributed by atoms with Crippen LogP contribution in [0.15, 0.2) is 48.5 Å². The first-order valence-corrected chi connectivity index (χ1v) is 8.22. The Bertz CT molecular complexity index is 807. The van der Waals surface area contributed by atoms with E-state index in [1.807, 2.05) is 0 Å². The van der Waals surface area contributed by atoms with E-state index in [1.54, 1.807) is 37.3 Å². The van der Waals surface area contributed by atoms with Crippen molar-refractivity contribution in [2.75, 3.05) is 6.54 Å². The topological polar surface area (TPSA) is 98.5 Å². The number of nitrogens with zero attached hydrogens (tertiary/aromatic N) is 1. The normalized spacial score (nSPS) is 11.5. The van der Waals surface area contributed by atoms with Crippen LogP contribution in [0.4, 0.5) is 5.69 Å². The second-order valence-electron chi connectivity index (χ2n) is 5.50. The van der Waals surface area contributed by atoms with Gasteiger partial charge in [0.15, 0.2) is 0 Å². The number of carbonyl (C=O) groups excluding carboxylic acids is 2. The monoisotopic (exact) mass is 376 g/mol. The number of rotatable bonds is 7. The van der Waals surface area contributed by atoms with E-state index in [1.165, 1.54) is 18.2 Å². The molecule has 0 aliphatic rings. The third-order valence-corrected chi connectivity index (χ3v) is 3.83. The number of nitrogens with one attached hydrogen (secondary N) is 1. The SMILES string of the molecule is C[C@H](OC(=O)CCNC(=O)c1ccc(Cl)cc1)c1cccc([N+](=O)[O-])c1. The van der Waals surface area contributed by atoms with Gasteiger partial charge >= 0.3 is 5.97 Å². The lowest BCUT2D eigenvalue weighted by Gasteiger charge is -2.13. The number of ether oxygens (including phenoxy) is 1. The van der Waals surface area contributed by atoms with Crippen molar-refractivity contribution < 1.29 is 19.2 Å². The highest BCUT2D eigenvalue weighted by molar-refractivity contribution is 6.30. The molecule has 1 N–H and O–H groups in total. The van der Waals surface area contributed by atoms with Crippen molar-refractivity contribution in [2.24, 2.45) is 0 Å². The predicted molar refractivity (Wildman–Crippen MR) is 96.0 cm³/mol. The average Bonchev–Trinajstić information content (AvgIpc) is 2.62. The Kier molecular flexibility index (Phi) is 6.68. The van der Waals surface area contributed by atoms with Crippen molar-refractivity contribution in [3.63, 3.8) is 0 Å². The van der Waals surface area contributed by atoms with Gasteiger partial charge in [-0.3, -0.25) is 19.7 Å². The highest BCUT2D eigenvalue weighted by Gasteiger charge is 2.15. The lowest BCUT2D eigenvalue weighted by Crippen LogP contribution is -2.26. The van der Waals surface area contributed by atoms with Gasteiger partial charge in [0.25, 0.3) is 11.6 Å². The number of non-ortho nitro benzene ring substituents is 1. The first kappa shape index (κ1) is 19.4. The van der Waals surface area contributed by atoms with Crippen LogP contribution in [0, 0.1) is 10.1 Å². The van der Waals surface area contributed by atoms with Crippen molar-refractivity contribution in [3.05, 3.63) is 74.8 Å². The molecule has 26 heavy (non-hydrogen) atoms. The molecule has 0 aliphatic heterocycles. The van der Waals surface area contributed by atoms with Crippen LogP contribution in [0.1, 0.15) is 35.4 Å². The van der Waals surface area contributed by atoms with Crippen molar-refractivity contribution in [1.29, 1.82) is 0 Å². The molecule has 2 aromatic carbocycles. The number of nitro groups is 1. The van der Waals surface area contributed by atoms with E-state index < -0.39 is 17.0 Å². The van der Waals surface area contributed by atoms with Crippen molar-refractivity contribution in [3.8, 4) is 0 Å². The Labute approximate surface area is 155 Å². The molecule has 0 unspecified atom stereocenters. The molecule has 0 fully saturated rings. The summed E-state index contributed by atoms with van der Waals surface area (Å²) in [5.74, 6) is -0.832. The smallest absolute Gasteiger partial charge is 0.308 e. The number of hydrogen-bond acceptors (Lipinski definition) is 5. The Morgan fingerprint density at radius 2 is 1.92 bits per heavy atom. The highest BCUT2D eigenvalue weighted by Crippen LogP contribution is 2.22. The van der Waals surface area contributed by atoms with Crippen LogP contribution in [0.25, 0.3) is 0 Å². The zero-order valence-electron chi connectivity index (χ0n) is 14.0. The molecule has 0 heterocycles. The van der Waals surface area contributed by atoms with Crippen LogP contribution in [0.5, 0.6) is 0 Å². The van der Waals surface area contributed by atoms with Gasteiger partial charge in [0.1, 0.15) is 6.10 Å².